The number of hydrogen-bond acceptors (Lipinski definition) is 2. The van der Waals surface area contributed by atoms with E-state index < -0.39 is 0 Å². The van der Waals surface area contributed by atoms with Crippen LogP contribution in [-0.4, -0.2) is 12.1 Å². The predicted molar refractivity (Wildman–Crippen MR) is 220 cm³/mol. The van der Waals surface area contributed by atoms with E-state index in [0.29, 0.717) is 17.3 Å². The van der Waals surface area contributed by atoms with Gasteiger partial charge in [-0.05, 0) is 136 Å². The first-order valence-corrected chi connectivity index (χ1v) is 21.5. The van der Waals surface area contributed by atoms with Crippen molar-refractivity contribution in [1.29, 1.82) is 0 Å². The first-order valence-electron chi connectivity index (χ1n) is 21.5. The largest absolute Gasteiger partial charge is 0.462 e. The molecule has 0 aliphatic heterocycles. The lowest BCUT2D eigenvalue weighted by molar-refractivity contribution is -0.151. The van der Waals surface area contributed by atoms with Gasteiger partial charge in [0.1, 0.15) is 6.10 Å². The van der Waals surface area contributed by atoms with Gasteiger partial charge in [0.05, 0.1) is 0 Å². The van der Waals surface area contributed by atoms with Crippen molar-refractivity contribution >= 4 is 5.97 Å². The minimum atomic E-state index is -0.0228. The van der Waals surface area contributed by atoms with Crippen LogP contribution in [-0.2, 0) is 9.53 Å². The average Bonchev–Trinajstić information content (AvgIpc) is 3.46. The quantitative estimate of drug-likeness (QED) is 0.0935. The molecule has 8 atom stereocenters. The van der Waals surface area contributed by atoms with Gasteiger partial charge >= 0.3 is 5.97 Å². The Morgan fingerprint density at radius 2 is 1.37 bits per heavy atom. The van der Waals surface area contributed by atoms with Crippen LogP contribution < -0.4 is 0 Å². The first-order chi connectivity index (χ1) is 24.7. The molecule has 4 rings (SSSR count). The maximum Gasteiger partial charge on any atom is 0.306 e. The maximum absolute atomic E-state index is 12.8. The monoisotopic (exact) mass is 697 g/mol. The van der Waals surface area contributed by atoms with E-state index in [0.717, 1.165) is 93.3 Å². The summed E-state index contributed by atoms with van der Waals surface area (Å²) in [4.78, 5) is 12.8. The molecule has 2 heteroatoms. The van der Waals surface area contributed by atoms with Gasteiger partial charge in [-0.25, -0.2) is 0 Å². The number of esters is 1. The molecule has 3 saturated carbocycles. The van der Waals surface area contributed by atoms with Crippen molar-refractivity contribution in [3.63, 3.8) is 0 Å². The second-order valence-electron chi connectivity index (χ2n) is 17.6. The molecule has 3 fully saturated rings. The summed E-state index contributed by atoms with van der Waals surface area (Å²) < 4.78 is 6.09. The van der Waals surface area contributed by atoms with E-state index in [1.54, 1.807) is 5.57 Å². The summed E-state index contributed by atoms with van der Waals surface area (Å²) in [7, 11) is 0. The molecule has 284 valence electrons. The molecule has 4 aliphatic rings. The lowest BCUT2D eigenvalue weighted by atomic mass is 9.47. The SMILES string of the molecule is CC/C=C/C/C=C/C/C=C/C/C=C/C/C=C/C/C=C/CCC(=O)O[C@H]1CC[C@@]2(C)C(=CC[C@H]3[C@@H]4CC[C@H]([C@H](C)CCCC(C)C)[C@@]4(C)CC[C@@H]32)C1. The first kappa shape index (κ1) is 41.4. The van der Waals surface area contributed by atoms with E-state index >= 15 is 0 Å². The molecule has 0 heterocycles. The topological polar surface area (TPSA) is 26.3 Å². The second kappa shape index (κ2) is 21.4. The van der Waals surface area contributed by atoms with E-state index in [1.165, 1.54) is 57.8 Å². The molecule has 2 nitrogen and oxygen atoms in total. The van der Waals surface area contributed by atoms with Crippen LogP contribution in [0.15, 0.2) is 84.6 Å². The number of hydrogen-bond donors (Lipinski definition) is 0. The van der Waals surface area contributed by atoms with Crippen molar-refractivity contribution in [3.8, 4) is 0 Å². The van der Waals surface area contributed by atoms with Gasteiger partial charge < -0.3 is 4.74 Å². The molecule has 0 aromatic heterocycles. The molecule has 4 aliphatic carbocycles. The molecule has 0 aromatic rings. The van der Waals surface area contributed by atoms with E-state index in [9.17, 15) is 4.79 Å². The fraction of sp³-hybridized carbons (Fsp3) is 0.694. The summed E-state index contributed by atoms with van der Waals surface area (Å²) in [6, 6.07) is 0. The van der Waals surface area contributed by atoms with Crippen molar-refractivity contribution in [2.75, 3.05) is 0 Å². The lowest BCUT2D eigenvalue weighted by Gasteiger charge is -2.58. The predicted octanol–water partition coefficient (Wildman–Crippen LogP) is 14.4. The number of rotatable bonds is 20. The van der Waals surface area contributed by atoms with Crippen LogP contribution >= 0.6 is 0 Å². The molecule has 0 amide bonds. The molecule has 0 aromatic carbocycles. The maximum atomic E-state index is 12.8. The Morgan fingerprint density at radius 3 is 1.98 bits per heavy atom. The molecule has 0 unspecified atom stereocenters. The summed E-state index contributed by atoms with van der Waals surface area (Å²) in [5.74, 6) is 5.15. The highest BCUT2D eigenvalue weighted by atomic mass is 16.5. The summed E-state index contributed by atoms with van der Waals surface area (Å²) in [5, 5.41) is 0. The van der Waals surface area contributed by atoms with E-state index in [-0.39, 0.29) is 12.1 Å². The van der Waals surface area contributed by atoms with Crippen molar-refractivity contribution in [3.05, 3.63) is 84.6 Å². The van der Waals surface area contributed by atoms with Crippen molar-refractivity contribution in [2.24, 2.45) is 46.3 Å². The van der Waals surface area contributed by atoms with Gasteiger partial charge in [-0.15, -0.1) is 0 Å². The summed E-state index contributed by atoms with van der Waals surface area (Å²) >= 11 is 0. The van der Waals surface area contributed by atoms with Gasteiger partial charge in [-0.3, -0.25) is 4.79 Å². The van der Waals surface area contributed by atoms with Gasteiger partial charge in [-0.2, -0.15) is 0 Å². The lowest BCUT2D eigenvalue weighted by Crippen LogP contribution is -2.51. The van der Waals surface area contributed by atoms with E-state index in [2.05, 4.69) is 121 Å². The fourth-order valence-electron chi connectivity index (χ4n) is 10.8. The van der Waals surface area contributed by atoms with Crippen LogP contribution in [0.2, 0.25) is 0 Å². The number of carbonyl (C=O) groups excluding carboxylic acids is 1. The van der Waals surface area contributed by atoms with Gasteiger partial charge in [0.15, 0.2) is 0 Å². The molecule has 0 N–H and O–H groups in total. The molecular formula is C49H76O2. The van der Waals surface area contributed by atoms with Crippen molar-refractivity contribution in [1.82, 2.24) is 0 Å². The Kier molecular flexibility index (Phi) is 17.4. The van der Waals surface area contributed by atoms with E-state index in [1.807, 2.05) is 0 Å². The van der Waals surface area contributed by atoms with Crippen molar-refractivity contribution < 1.29 is 9.53 Å². The van der Waals surface area contributed by atoms with Crippen LogP contribution in [0, 0.1) is 46.3 Å². The number of carbonyl (C=O) groups is 1. The zero-order valence-corrected chi connectivity index (χ0v) is 33.8. The number of ether oxygens (including phenoxy) is 1. The van der Waals surface area contributed by atoms with E-state index in [4.69, 9.17) is 4.74 Å². The highest BCUT2D eigenvalue weighted by Gasteiger charge is 2.59. The summed E-state index contributed by atoms with van der Waals surface area (Å²) in [5.41, 5.74) is 2.46. The molecule has 0 saturated heterocycles. The average molecular weight is 697 g/mol. The highest BCUT2D eigenvalue weighted by molar-refractivity contribution is 5.69. The molecule has 0 spiro atoms. The number of allylic oxidation sites excluding steroid dienone is 13. The third-order valence-electron chi connectivity index (χ3n) is 13.7. The van der Waals surface area contributed by atoms with Crippen LogP contribution in [0.1, 0.15) is 164 Å². The molecule has 51 heavy (non-hydrogen) atoms. The molecule has 0 radical (unpaired) electrons. The zero-order chi connectivity index (χ0) is 36.5. The Hall–Kier alpha value is -2.35. The standard InChI is InChI=1S/C49H76O2/c1-7-8-9-10-11-12-13-14-15-16-17-18-19-20-21-22-23-24-25-29-47(50)51-42-34-36-48(5)41(38-42)30-31-43-45-33-32-44(40(4)28-26-27-39(2)3)49(45,6)37-35-46(43)48/h8-9,11-12,14-15,17-18,20-21,23-24,30,39-40,42-46H,7,10,13,16,19,22,25-29,31-38H2,1-6H3/b9-8+,12-11+,15-14+,18-17+,21-20+,24-23+/t40-,42+,43+,44-,45+,46+,48+,49-/m1/s1. The molecular weight excluding hydrogens is 621 g/mol. The van der Waals surface area contributed by atoms with Crippen LogP contribution in [0.25, 0.3) is 0 Å². The number of fused-ring (bicyclic) bond motifs is 5. The highest BCUT2D eigenvalue weighted by Crippen LogP contribution is 2.67. The third-order valence-corrected chi connectivity index (χ3v) is 13.7. The third kappa shape index (κ3) is 12.1. The van der Waals surface area contributed by atoms with Gasteiger partial charge in [0.2, 0.25) is 0 Å². The second-order valence-corrected chi connectivity index (χ2v) is 17.6. The van der Waals surface area contributed by atoms with Gasteiger partial charge in [0, 0.05) is 12.8 Å². The summed E-state index contributed by atoms with van der Waals surface area (Å²) in [6.07, 6.45) is 50.9. The van der Waals surface area contributed by atoms with Gasteiger partial charge in [0.25, 0.3) is 0 Å². The minimum Gasteiger partial charge on any atom is -0.462 e. The Balaban J connectivity index is 1.11. The van der Waals surface area contributed by atoms with Crippen molar-refractivity contribution in [2.45, 2.75) is 170 Å². The normalized spacial score (nSPS) is 31.7. The zero-order valence-electron chi connectivity index (χ0n) is 33.8. The Bertz CT molecular complexity index is 1260. The van der Waals surface area contributed by atoms with Crippen LogP contribution in [0.3, 0.4) is 0 Å². The molecule has 0 bridgehead atoms. The Morgan fingerprint density at radius 1 is 0.765 bits per heavy atom. The van der Waals surface area contributed by atoms with Gasteiger partial charge in [-0.1, -0.05) is 145 Å². The smallest absolute Gasteiger partial charge is 0.306 e. The summed E-state index contributed by atoms with van der Waals surface area (Å²) in [6.45, 7) is 14.8. The van der Waals surface area contributed by atoms with Crippen LogP contribution in [0.4, 0.5) is 0 Å². The minimum absolute atomic E-state index is 0.0228. The van der Waals surface area contributed by atoms with Crippen LogP contribution in [0.5, 0.6) is 0 Å². The Labute approximate surface area is 315 Å². The fourth-order valence-corrected chi connectivity index (χ4v) is 10.8.